The highest BCUT2D eigenvalue weighted by atomic mass is 16.5. The van der Waals surface area contributed by atoms with E-state index in [2.05, 4.69) is 15.3 Å². The van der Waals surface area contributed by atoms with Crippen molar-refractivity contribution < 1.29 is 9.53 Å². The van der Waals surface area contributed by atoms with Gasteiger partial charge in [0.25, 0.3) is 5.91 Å². The second kappa shape index (κ2) is 6.63. The molecule has 2 aromatic rings. The van der Waals surface area contributed by atoms with Crippen LogP contribution in [0.5, 0.6) is 0 Å². The van der Waals surface area contributed by atoms with Gasteiger partial charge in [0.15, 0.2) is 11.5 Å². The van der Waals surface area contributed by atoms with Crippen LogP contribution in [0.1, 0.15) is 10.5 Å². The van der Waals surface area contributed by atoms with E-state index in [0.29, 0.717) is 18.8 Å². The fourth-order valence-electron chi connectivity index (χ4n) is 1.66. The van der Waals surface area contributed by atoms with Gasteiger partial charge in [0, 0.05) is 19.2 Å². The predicted octanol–water partition coefficient (Wildman–Crippen LogP) is 1.10. The number of carbonyl (C=O) groups excluding carboxylic acids is 1. The van der Waals surface area contributed by atoms with Gasteiger partial charge in [0.2, 0.25) is 0 Å². The predicted molar refractivity (Wildman–Crippen MR) is 76.1 cm³/mol. The molecule has 0 aliphatic carbocycles. The van der Waals surface area contributed by atoms with Gasteiger partial charge in [-0.3, -0.25) is 4.79 Å². The third-order valence-electron chi connectivity index (χ3n) is 2.68. The van der Waals surface area contributed by atoms with Crippen molar-refractivity contribution in [3.8, 4) is 11.3 Å². The number of nitrogens with two attached hydrogens (primary N) is 1. The van der Waals surface area contributed by atoms with Gasteiger partial charge in [-0.15, -0.1) is 0 Å². The Balaban J connectivity index is 2.23. The second-order valence-electron chi connectivity index (χ2n) is 4.10. The zero-order chi connectivity index (χ0) is 14.4. The highest BCUT2D eigenvalue weighted by Gasteiger charge is 2.14. The molecule has 0 spiro atoms. The van der Waals surface area contributed by atoms with E-state index in [9.17, 15) is 4.79 Å². The smallest absolute Gasteiger partial charge is 0.273 e. The zero-order valence-corrected chi connectivity index (χ0v) is 11.2. The van der Waals surface area contributed by atoms with E-state index >= 15 is 0 Å². The Bertz CT molecular complexity index is 587. The second-order valence-corrected chi connectivity index (χ2v) is 4.10. The van der Waals surface area contributed by atoms with Gasteiger partial charge in [-0.1, -0.05) is 30.3 Å². The number of hydrogen-bond acceptors (Lipinski definition) is 5. The van der Waals surface area contributed by atoms with Crippen molar-refractivity contribution in [3.63, 3.8) is 0 Å². The van der Waals surface area contributed by atoms with Crippen molar-refractivity contribution in [2.45, 2.75) is 0 Å². The number of ether oxygens (including phenoxy) is 1. The minimum absolute atomic E-state index is 0.111. The van der Waals surface area contributed by atoms with Crippen LogP contribution in [0.3, 0.4) is 0 Å². The topological polar surface area (TPSA) is 90.1 Å². The lowest BCUT2D eigenvalue weighted by molar-refractivity contribution is 0.0933. The maximum absolute atomic E-state index is 12.0. The van der Waals surface area contributed by atoms with Crippen molar-refractivity contribution >= 4 is 11.7 Å². The number of amides is 1. The molecule has 20 heavy (non-hydrogen) atoms. The number of methoxy groups -OCH3 is 1. The zero-order valence-electron chi connectivity index (χ0n) is 11.2. The van der Waals surface area contributed by atoms with Crippen molar-refractivity contribution in [3.05, 3.63) is 42.2 Å². The minimum atomic E-state index is -0.357. The Hall–Kier alpha value is -2.47. The summed E-state index contributed by atoms with van der Waals surface area (Å²) in [7, 11) is 1.57. The molecule has 6 nitrogen and oxygen atoms in total. The number of hydrogen-bond donors (Lipinski definition) is 2. The summed E-state index contributed by atoms with van der Waals surface area (Å²) in [4.78, 5) is 20.3. The molecular weight excluding hydrogens is 256 g/mol. The Kier molecular flexibility index (Phi) is 4.62. The molecule has 1 amide bonds. The highest BCUT2D eigenvalue weighted by molar-refractivity contribution is 5.96. The molecule has 0 radical (unpaired) electrons. The van der Waals surface area contributed by atoms with Crippen molar-refractivity contribution in [2.75, 3.05) is 26.0 Å². The summed E-state index contributed by atoms with van der Waals surface area (Å²) >= 11 is 0. The molecule has 0 unspecified atom stereocenters. The molecule has 0 aliphatic rings. The molecule has 1 aromatic heterocycles. The number of benzene rings is 1. The first kappa shape index (κ1) is 14.0. The van der Waals surface area contributed by atoms with Crippen molar-refractivity contribution in [1.29, 1.82) is 0 Å². The Morgan fingerprint density at radius 1 is 1.35 bits per heavy atom. The van der Waals surface area contributed by atoms with E-state index in [0.717, 1.165) is 5.56 Å². The van der Waals surface area contributed by atoms with Crippen LogP contribution in [0.15, 0.2) is 36.5 Å². The summed E-state index contributed by atoms with van der Waals surface area (Å²) < 4.78 is 4.87. The normalized spacial score (nSPS) is 10.2. The van der Waals surface area contributed by atoms with Gasteiger partial charge in [0.1, 0.15) is 0 Å². The molecule has 6 heteroatoms. The van der Waals surface area contributed by atoms with E-state index in [1.807, 2.05) is 30.3 Å². The van der Waals surface area contributed by atoms with Crippen LogP contribution in [0.2, 0.25) is 0 Å². The largest absolute Gasteiger partial charge is 0.383 e. The average Bonchev–Trinajstić information content (AvgIpc) is 2.49. The van der Waals surface area contributed by atoms with Crippen LogP contribution in [-0.4, -0.2) is 36.1 Å². The first-order valence-electron chi connectivity index (χ1n) is 6.17. The summed E-state index contributed by atoms with van der Waals surface area (Å²) in [5, 5.41) is 2.67. The number of nitrogens with one attached hydrogen (secondary N) is 1. The Morgan fingerprint density at radius 2 is 2.10 bits per heavy atom. The molecule has 1 aromatic carbocycles. The monoisotopic (exact) mass is 272 g/mol. The molecule has 1 heterocycles. The van der Waals surface area contributed by atoms with Gasteiger partial charge < -0.3 is 15.8 Å². The molecule has 3 N–H and O–H groups in total. The van der Waals surface area contributed by atoms with E-state index in [1.165, 1.54) is 0 Å². The summed E-state index contributed by atoms with van der Waals surface area (Å²) in [5.74, 6) is -0.246. The molecule has 0 saturated heterocycles. The van der Waals surface area contributed by atoms with Gasteiger partial charge in [-0.25, -0.2) is 9.97 Å². The van der Waals surface area contributed by atoms with Crippen LogP contribution in [0, 0.1) is 0 Å². The number of anilines is 1. The summed E-state index contributed by atoms with van der Waals surface area (Å²) in [6, 6.07) is 9.49. The lowest BCUT2D eigenvalue weighted by atomic mass is 10.1. The molecule has 0 atom stereocenters. The SMILES string of the molecule is COCCNC(=O)c1nc(-c2ccccc2)cnc1N. The highest BCUT2D eigenvalue weighted by Crippen LogP contribution is 2.17. The van der Waals surface area contributed by atoms with Crippen molar-refractivity contribution in [1.82, 2.24) is 15.3 Å². The standard InChI is InChI=1S/C14H16N4O2/c1-20-8-7-16-14(19)12-13(15)17-9-11(18-12)10-5-3-2-4-6-10/h2-6,9H,7-8H2,1H3,(H2,15,17)(H,16,19). The average molecular weight is 272 g/mol. The van der Waals surface area contributed by atoms with Gasteiger partial charge in [-0.05, 0) is 0 Å². The van der Waals surface area contributed by atoms with Gasteiger partial charge in [0.05, 0.1) is 18.5 Å². The van der Waals surface area contributed by atoms with Crippen LogP contribution in [0.4, 0.5) is 5.82 Å². The molecule has 104 valence electrons. The third kappa shape index (κ3) is 3.30. The molecule has 0 fully saturated rings. The fraction of sp³-hybridized carbons (Fsp3) is 0.214. The van der Waals surface area contributed by atoms with Crippen LogP contribution in [-0.2, 0) is 4.74 Å². The minimum Gasteiger partial charge on any atom is -0.383 e. The number of aromatic nitrogens is 2. The quantitative estimate of drug-likeness (QED) is 0.795. The lowest BCUT2D eigenvalue weighted by Crippen LogP contribution is -2.29. The fourth-order valence-corrected chi connectivity index (χ4v) is 1.66. The van der Waals surface area contributed by atoms with E-state index in [-0.39, 0.29) is 17.4 Å². The first-order chi connectivity index (χ1) is 9.72. The van der Waals surface area contributed by atoms with Crippen LogP contribution < -0.4 is 11.1 Å². The number of nitrogens with zero attached hydrogens (tertiary/aromatic N) is 2. The maximum Gasteiger partial charge on any atom is 0.273 e. The molecular formula is C14H16N4O2. The van der Waals surface area contributed by atoms with E-state index in [1.54, 1.807) is 13.3 Å². The van der Waals surface area contributed by atoms with Crippen molar-refractivity contribution in [2.24, 2.45) is 0 Å². The first-order valence-corrected chi connectivity index (χ1v) is 6.17. The Labute approximate surface area is 117 Å². The van der Waals surface area contributed by atoms with Gasteiger partial charge >= 0.3 is 0 Å². The molecule has 0 saturated carbocycles. The van der Waals surface area contributed by atoms with Crippen LogP contribution >= 0.6 is 0 Å². The molecule has 0 bridgehead atoms. The number of carbonyl (C=O) groups is 1. The number of nitrogen functional groups attached to an aromatic ring is 1. The van der Waals surface area contributed by atoms with E-state index < -0.39 is 0 Å². The summed E-state index contributed by atoms with van der Waals surface area (Å²) in [6.07, 6.45) is 1.55. The summed E-state index contributed by atoms with van der Waals surface area (Å²) in [5.41, 5.74) is 7.32. The lowest BCUT2D eigenvalue weighted by Gasteiger charge is -2.08. The third-order valence-corrected chi connectivity index (χ3v) is 2.68. The summed E-state index contributed by atoms with van der Waals surface area (Å²) in [6.45, 7) is 0.823. The maximum atomic E-state index is 12.0. The molecule has 2 rings (SSSR count). The molecule has 0 aliphatic heterocycles. The Morgan fingerprint density at radius 3 is 2.80 bits per heavy atom. The van der Waals surface area contributed by atoms with E-state index in [4.69, 9.17) is 10.5 Å². The number of rotatable bonds is 5. The van der Waals surface area contributed by atoms with Crippen LogP contribution in [0.25, 0.3) is 11.3 Å². The van der Waals surface area contributed by atoms with Gasteiger partial charge in [-0.2, -0.15) is 0 Å².